The zero-order valence-electron chi connectivity index (χ0n) is 11.2. The highest BCUT2D eigenvalue weighted by Crippen LogP contribution is 2.36. The minimum atomic E-state index is -4.48. The van der Waals surface area contributed by atoms with Crippen LogP contribution in [0.25, 0.3) is 11.0 Å². The van der Waals surface area contributed by atoms with Crippen molar-refractivity contribution in [1.82, 2.24) is 0 Å². The van der Waals surface area contributed by atoms with Gasteiger partial charge in [0.25, 0.3) is 0 Å². The van der Waals surface area contributed by atoms with Gasteiger partial charge in [-0.2, -0.15) is 13.2 Å². The van der Waals surface area contributed by atoms with E-state index in [1.54, 1.807) is 18.2 Å². The van der Waals surface area contributed by atoms with Crippen LogP contribution in [-0.4, -0.2) is 5.11 Å². The number of ether oxygens (including phenoxy) is 1. The van der Waals surface area contributed by atoms with E-state index < -0.39 is 11.7 Å². The second kappa shape index (κ2) is 5.29. The number of aromatic hydroxyl groups is 1. The van der Waals surface area contributed by atoms with Crippen LogP contribution in [0, 0.1) is 0 Å². The second-order valence-electron chi connectivity index (χ2n) is 4.68. The summed E-state index contributed by atoms with van der Waals surface area (Å²) >= 11 is 0. The first kappa shape index (κ1) is 14.3. The summed E-state index contributed by atoms with van der Waals surface area (Å²) in [5.41, 5.74) is -0.392. The molecule has 2 aromatic carbocycles. The van der Waals surface area contributed by atoms with E-state index in [4.69, 9.17) is 9.15 Å². The van der Waals surface area contributed by atoms with Crippen molar-refractivity contribution in [1.29, 1.82) is 0 Å². The molecule has 0 atom stereocenters. The Bertz CT molecular complexity index is 806. The van der Waals surface area contributed by atoms with E-state index in [1.165, 1.54) is 24.3 Å². The quantitative estimate of drug-likeness (QED) is 0.760. The number of furan rings is 1. The highest BCUT2D eigenvalue weighted by molar-refractivity contribution is 5.84. The fraction of sp³-hybridized carbons (Fsp3) is 0.125. The van der Waals surface area contributed by atoms with Crippen molar-refractivity contribution in [3.63, 3.8) is 0 Å². The Morgan fingerprint density at radius 1 is 1.05 bits per heavy atom. The molecule has 0 aliphatic carbocycles. The lowest BCUT2D eigenvalue weighted by molar-refractivity contribution is -0.139. The van der Waals surface area contributed by atoms with Crippen LogP contribution in [0.5, 0.6) is 11.5 Å². The van der Waals surface area contributed by atoms with E-state index in [1.807, 2.05) is 0 Å². The largest absolute Gasteiger partial charge is 0.507 e. The third kappa shape index (κ3) is 2.72. The average Bonchev–Trinajstić information content (AvgIpc) is 2.89. The number of hydrogen-bond donors (Lipinski definition) is 1. The van der Waals surface area contributed by atoms with Crippen molar-refractivity contribution in [2.24, 2.45) is 0 Å². The lowest BCUT2D eigenvalue weighted by atomic mass is 10.2. The molecule has 0 amide bonds. The number of para-hydroxylation sites is 1. The molecule has 0 unspecified atom stereocenters. The van der Waals surface area contributed by atoms with Crippen LogP contribution < -0.4 is 4.74 Å². The lowest BCUT2D eigenvalue weighted by Crippen LogP contribution is -2.08. The van der Waals surface area contributed by atoms with E-state index in [0.717, 1.165) is 6.07 Å². The summed E-state index contributed by atoms with van der Waals surface area (Å²) in [5, 5.41) is 10.2. The normalized spacial score (nSPS) is 11.8. The maximum Gasteiger partial charge on any atom is 0.419 e. The number of hydrogen-bond acceptors (Lipinski definition) is 3. The van der Waals surface area contributed by atoms with Gasteiger partial charge in [-0.15, -0.1) is 0 Å². The molecular weight excluding hydrogens is 297 g/mol. The van der Waals surface area contributed by atoms with Crippen molar-refractivity contribution >= 4 is 11.0 Å². The Labute approximate surface area is 123 Å². The van der Waals surface area contributed by atoms with Gasteiger partial charge in [0.05, 0.1) is 10.9 Å². The molecule has 1 heterocycles. The van der Waals surface area contributed by atoms with Gasteiger partial charge in [0.1, 0.15) is 29.4 Å². The third-order valence-electron chi connectivity index (χ3n) is 3.15. The predicted octanol–water partition coefficient (Wildman–Crippen LogP) is 4.74. The van der Waals surface area contributed by atoms with Crippen molar-refractivity contribution < 1.29 is 27.4 Å². The first-order valence-electron chi connectivity index (χ1n) is 6.44. The molecule has 0 aliphatic heterocycles. The molecule has 0 radical (unpaired) electrons. The minimum Gasteiger partial charge on any atom is -0.507 e. The van der Waals surface area contributed by atoms with Crippen LogP contribution in [-0.2, 0) is 12.8 Å². The second-order valence-corrected chi connectivity index (χ2v) is 4.68. The molecule has 3 nitrogen and oxygen atoms in total. The molecule has 0 bridgehead atoms. The van der Waals surface area contributed by atoms with Crippen LogP contribution >= 0.6 is 0 Å². The van der Waals surface area contributed by atoms with Gasteiger partial charge < -0.3 is 14.3 Å². The lowest BCUT2D eigenvalue weighted by Gasteiger charge is -2.12. The van der Waals surface area contributed by atoms with Gasteiger partial charge in [0, 0.05) is 0 Å². The SMILES string of the molecule is Oc1cccc2oc(COc3ccccc3C(F)(F)F)cc12. The third-order valence-corrected chi connectivity index (χ3v) is 3.15. The topological polar surface area (TPSA) is 42.6 Å². The zero-order valence-corrected chi connectivity index (χ0v) is 11.2. The van der Waals surface area contributed by atoms with Gasteiger partial charge in [-0.1, -0.05) is 18.2 Å². The van der Waals surface area contributed by atoms with E-state index in [0.29, 0.717) is 16.7 Å². The first-order chi connectivity index (χ1) is 10.4. The number of rotatable bonds is 3. The fourth-order valence-corrected chi connectivity index (χ4v) is 2.14. The van der Waals surface area contributed by atoms with Crippen LogP contribution in [0.15, 0.2) is 52.9 Å². The summed E-state index contributed by atoms with van der Waals surface area (Å²) in [6.45, 7) is -0.165. The van der Waals surface area contributed by atoms with Gasteiger partial charge in [0.2, 0.25) is 0 Å². The number of halogens is 3. The molecule has 6 heteroatoms. The van der Waals surface area contributed by atoms with Crippen molar-refractivity contribution in [2.75, 3.05) is 0 Å². The van der Waals surface area contributed by atoms with Gasteiger partial charge in [0.15, 0.2) is 0 Å². The highest BCUT2D eigenvalue weighted by atomic mass is 19.4. The summed E-state index contributed by atoms with van der Waals surface area (Å²) in [7, 11) is 0. The zero-order chi connectivity index (χ0) is 15.7. The van der Waals surface area contributed by atoms with Gasteiger partial charge in [-0.25, -0.2) is 0 Å². The fourth-order valence-electron chi connectivity index (χ4n) is 2.14. The van der Waals surface area contributed by atoms with E-state index in [9.17, 15) is 18.3 Å². The molecule has 3 aromatic rings. The smallest absolute Gasteiger partial charge is 0.419 e. The summed E-state index contributed by atoms with van der Waals surface area (Å²) < 4.78 is 49.2. The number of phenolic OH excluding ortho intramolecular Hbond substituents is 1. The first-order valence-corrected chi connectivity index (χ1v) is 6.44. The van der Waals surface area contributed by atoms with Crippen LogP contribution in [0.3, 0.4) is 0 Å². The van der Waals surface area contributed by atoms with Gasteiger partial charge >= 0.3 is 6.18 Å². The molecule has 0 saturated carbocycles. The molecule has 0 fully saturated rings. The Morgan fingerprint density at radius 3 is 2.55 bits per heavy atom. The Morgan fingerprint density at radius 2 is 1.82 bits per heavy atom. The number of phenols is 1. The molecule has 1 aromatic heterocycles. The van der Waals surface area contributed by atoms with Crippen molar-refractivity contribution in [3.05, 3.63) is 59.9 Å². The Kier molecular flexibility index (Phi) is 3.44. The summed E-state index contributed by atoms with van der Waals surface area (Å²) in [4.78, 5) is 0. The number of benzene rings is 2. The van der Waals surface area contributed by atoms with Crippen LogP contribution in [0.2, 0.25) is 0 Å². The van der Waals surface area contributed by atoms with E-state index in [2.05, 4.69) is 0 Å². The average molecular weight is 308 g/mol. The molecule has 3 rings (SSSR count). The summed E-state index contributed by atoms with van der Waals surface area (Å²) in [5.74, 6) is 0.108. The molecular formula is C16H11F3O3. The van der Waals surface area contributed by atoms with E-state index in [-0.39, 0.29) is 18.1 Å². The Balaban J connectivity index is 1.84. The van der Waals surface area contributed by atoms with Crippen molar-refractivity contribution in [2.45, 2.75) is 12.8 Å². The summed E-state index contributed by atoms with van der Waals surface area (Å²) in [6, 6.07) is 11.3. The number of alkyl halides is 3. The Hall–Kier alpha value is -2.63. The standard InChI is InChI=1S/C16H11F3O3/c17-16(18,19)12-4-1-2-6-15(12)21-9-10-8-11-13(20)5-3-7-14(11)22-10/h1-8,20H,9H2. The van der Waals surface area contributed by atoms with Gasteiger partial charge in [-0.3, -0.25) is 0 Å². The maximum atomic E-state index is 12.9. The molecule has 0 saturated heterocycles. The van der Waals surface area contributed by atoms with Crippen LogP contribution in [0.1, 0.15) is 11.3 Å². The van der Waals surface area contributed by atoms with Crippen molar-refractivity contribution in [3.8, 4) is 11.5 Å². The molecule has 0 aliphatic rings. The minimum absolute atomic E-state index is 0.0446. The molecule has 0 spiro atoms. The van der Waals surface area contributed by atoms with Crippen LogP contribution in [0.4, 0.5) is 13.2 Å². The number of fused-ring (bicyclic) bond motifs is 1. The molecule has 22 heavy (non-hydrogen) atoms. The van der Waals surface area contributed by atoms with E-state index >= 15 is 0 Å². The monoisotopic (exact) mass is 308 g/mol. The highest BCUT2D eigenvalue weighted by Gasteiger charge is 2.34. The maximum absolute atomic E-state index is 12.9. The summed E-state index contributed by atoms with van der Waals surface area (Å²) in [6.07, 6.45) is -4.48. The molecule has 114 valence electrons. The molecule has 1 N–H and O–H groups in total. The van der Waals surface area contributed by atoms with Gasteiger partial charge in [-0.05, 0) is 30.3 Å². The predicted molar refractivity (Wildman–Crippen MR) is 73.7 cm³/mol.